The van der Waals surface area contributed by atoms with E-state index in [0.29, 0.717) is 12.8 Å². The maximum Gasteiger partial charge on any atom is 0.320 e. The first-order valence-electron chi connectivity index (χ1n) is 10.3. The number of carboxylic acid groups (broad SMARTS) is 1. The highest BCUT2D eigenvalue weighted by molar-refractivity contribution is 5.85. The molecule has 7 heteroatoms. The lowest BCUT2D eigenvalue weighted by Gasteiger charge is -2.06. The quantitative estimate of drug-likeness (QED) is 0.283. The molecular formula is C24H30N4O3. The molecule has 0 amide bonds. The van der Waals surface area contributed by atoms with E-state index >= 15 is 0 Å². The van der Waals surface area contributed by atoms with E-state index in [0.717, 1.165) is 27.5 Å². The van der Waals surface area contributed by atoms with Crippen LogP contribution in [0.25, 0.3) is 21.8 Å². The molecule has 0 saturated heterocycles. The number of rotatable bonds is 6. The van der Waals surface area contributed by atoms with Gasteiger partial charge in [0, 0.05) is 46.7 Å². The summed E-state index contributed by atoms with van der Waals surface area (Å²) in [5.74, 6) is -0.970. The second-order valence-corrected chi connectivity index (χ2v) is 8.02. The first-order chi connectivity index (χ1) is 14.8. The molecule has 2 heterocycles. The van der Waals surface area contributed by atoms with Crippen LogP contribution in [0, 0.1) is 13.8 Å². The molecular weight excluding hydrogens is 392 g/mol. The normalized spacial score (nSPS) is 13.1. The molecule has 2 aromatic carbocycles. The molecule has 31 heavy (non-hydrogen) atoms. The Kier molecular flexibility index (Phi) is 7.12. The van der Waals surface area contributed by atoms with Gasteiger partial charge in [0.05, 0.1) is 6.61 Å². The molecule has 0 radical (unpaired) electrons. The van der Waals surface area contributed by atoms with Crippen molar-refractivity contribution in [3.63, 3.8) is 0 Å². The summed E-state index contributed by atoms with van der Waals surface area (Å²) in [7, 11) is 0. The Balaban J connectivity index is 0.000000176. The van der Waals surface area contributed by atoms with Crippen molar-refractivity contribution in [1.82, 2.24) is 9.97 Å². The highest BCUT2D eigenvalue weighted by Crippen LogP contribution is 2.21. The second kappa shape index (κ2) is 9.78. The smallest absolute Gasteiger partial charge is 0.320 e. The van der Waals surface area contributed by atoms with Gasteiger partial charge in [0.15, 0.2) is 0 Å². The third kappa shape index (κ3) is 5.52. The number of H-pyrrole nitrogens is 2. The Morgan fingerprint density at radius 2 is 1.39 bits per heavy atom. The van der Waals surface area contributed by atoms with Crippen LogP contribution < -0.4 is 11.5 Å². The topological polar surface area (TPSA) is 141 Å². The first-order valence-corrected chi connectivity index (χ1v) is 10.3. The number of nitrogens with two attached hydrogens (primary N) is 2. The summed E-state index contributed by atoms with van der Waals surface area (Å²) in [5, 5.41) is 20.0. The molecule has 2 aromatic heterocycles. The van der Waals surface area contributed by atoms with Crippen LogP contribution in [0.3, 0.4) is 0 Å². The summed E-state index contributed by atoms with van der Waals surface area (Å²) < 4.78 is 0. The standard InChI is InChI=1S/C12H14N2O2.C12H16N2O/c1-7-2-3-11-9(4-7)8(6-14-11)5-10(13)12(15)16;1-8-2-3-12-11(4-8)9(6-14-12)5-10(13)7-15/h2-4,6,10,14H,5,13H2,1H3,(H,15,16);2-4,6,10,14-15H,5,7,13H2,1H3/t2*10-/m11/s1. The number of aliphatic hydroxyl groups excluding tert-OH is 1. The van der Waals surface area contributed by atoms with Crippen molar-refractivity contribution in [2.75, 3.05) is 6.61 Å². The van der Waals surface area contributed by atoms with E-state index in [-0.39, 0.29) is 12.6 Å². The lowest BCUT2D eigenvalue weighted by Crippen LogP contribution is -2.32. The fraction of sp³-hybridized carbons (Fsp3) is 0.292. The van der Waals surface area contributed by atoms with Gasteiger partial charge in [0.25, 0.3) is 0 Å². The number of aryl methyl sites for hydroxylation is 2. The molecule has 0 spiro atoms. The van der Waals surface area contributed by atoms with Crippen LogP contribution in [-0.4, -0.2) is 44.8 Å². The van der Waals surface area contributed by atoms with Gasteiger partial charge in [-0.15, -0.1) is 0 Å². The van der Waals surface area contributed by atoms with E-state index in [1.165, 1.54) is 16.5 Å². The summed E-state index contributed by atoms with van der Waals surface area (Å²) in [4.78, 5) is 17.0. The predicted octanol–water partition coefficient (Wildman–Crippen LogP) is 2.77. The molecule has 0 bridgehead atoms. The minimum atomic E-state index is -0.970. The molecule has 0 aliphatic rings. The zero-order valence-electron chi connectivity index (χ0n) is 17.9. The van der Waals surface area contributed by atoms with E-state index in [1.54, 1.807) is 0 Å². The van der Waals surface area contributed by atoms with Crippen LogP contribution in [-0.2, 0) is 17.6 Å². The fourth-order valence-corrected chi connectivity index (χ4v) is 3.59. The number of aromatic amines is 2. The molecule has 164 valence electrons. The number of carboxylic acids is 1. The minimum Gasteiger partial charge on any atom is -0.480 e. The summed E-state index contributed by atoms with van der Waals surface area (Å²) >= 11 is 0. The first kappa shape index (κ1) is 22.6. The predicted molar refractivity (Wildman–Crippen MR) is 124 cm³/mol. The van der Waals surface area contributed by atoms with Crippen LogP contribution in [0.2, 0.25) is 0 Å². The van der Waals surface area contributed by atoms with E-state index in [4.69, 9.17) is 21.7 Å². The van der Waals surface area contributed by atoms with Crippen molar-refractivity contribution in [2.24, 2.45) is 11.5 Å². The maximum absolute atomic E-state index is 10.7. The van der Waals surface area contributed by atoms with Gasteiger partial charge in [-0.05, 0) is 55.7 Å². The summed E-state index contributed by atoms with van der Waals surface area (Å²) in [6.45, 7) is 4.11. The van der Waals surface area contributed by atoms with Gasteiger partial charge in [-0.1, -0.05) is 23.3 Å². The van der Waals surface area contributed by atoms with Gasteiger partial charge in [-0.2, -0.15) is 0 Å². The van der Waals surface area contributed by atoms with Crippen LogP contribution in [0.5, 0.6) is 0 Å². The number of aromatic nitrogens is 2. The molecule has 4 aromatic rings. The van der Waals surface area contributed by atoms with Crippen molar-refractivity contribution < 1.29 is 15.0 Å². The molecule has 0 fully saturated rings. The third-order valence-corrected chi connectivity index (χ3v) is 5.32. The second-order valence-electron chi connectivity index (χ2n) is 8.02. The average molecular weight is 423 g/mol. The number of carbonyl (C=O) groups is 1. The van der Waals surface area contributed by atoms with Crippen LogP contribution in [0.15, 0.2) is 48.8 Å². The van der Waals surface area contributed by atoms with Crippen molar-refractivity contribution in [3.8, 4) is 0 Å². The minimum absolute atomic E-state index is 0.0263. The molecule has 0 aliphatic heterocycles. The molecule has 0 unspecified atom stereocenters. The Morgan fingerprint density at radius 1 is 0.903 bits per heavy atom. The number of nitrogens with one attached hydrogen (secondary N) is 2. The number of hydrogen-bond donors (Lipinski definition) is 6. The maximum atomic E-state index is 10.7. The van der Waals surface area contributed by atoms with Gasteiger partial charge >= 0.3 is 5.97 Å². The van der Waals surface area contributed by atoms with E-state index in [2.05, 4.69) is 35.1 Å². The molecule has 0 saturated carbocycles. The highest BCUT2D eigenvalue weighted by Gasteiger charge is 2.14. The van der Waals surface area contributed by atoms with E-state index in [1.807, 2.05) is 37.5 Å². The Labute approximate surface area is 181 Å². The van der Waals surface area contributed by atoms with Crippen molar-refractivity contribution >= 4 is 27.8 Å². The molecule has 7 nitrogen and oxygen atoms in total. The van der Waals surface area contributed by atoms with Gasteiger partial charge < -0.3 is 31.6 Å². The van der Waals surface area contributed by atoms with E-state index < -0.39 is 12.0 Å². The van der Waals surface area contributed by atoms with Crippen LogP contribution in [0.4, 0.5) is 0 Å². The number of aliphatic hydroxyl groups is 1. The SMILES string of the molecule is Cc1ccc2[nH]cc(C[C@@H](N)C(=O)O)c2c1.Cc1ccc2[nH]cc(C[C@@H](N)CO)c2c1. The Morgan fingerprint density at radius 3 is 1.84 bits per heavy atom. The zero-order valence-corrected chi connectivity index (χ0v) is 17.9. The third-order valence-electron chi connectivity index (χ3n) is 5.32. The van der Waals surface area contributed by atoms with Crippen molar-refractivity contribution in [3.05, 3.63) is 71.0 Å². The summed E-state index contributed by atoms with van der Waals surface area (Å²) in [6.07, 6.45) is 4.85. The summed E-state index contributed by atoms with van der Waals surface area (Å²) in [6, 6.07) is 11.3. The molecule has 2 atom stereocenters. The monoisotopic (exact) mass is 422 g/mol. The van der Waals surface area contributed by atoms with Crippen LogP contribution >= 0.6 is 0 Å². The number of fused-ring (bicyclic) bond motifs is 2. The van der Waals surface area contributed by atoms with Gasteiger partial charge in [0.1, 0.15) is 6.04 Å². The lowest BCUT2D eigenvalue weighted by molar-refractivity contribution is -0.138. The van der Waals surface area contributed by atoms with Gasteiger partial charge in [-0.25, -0.2) is 0 Å². The van der Waals surface area contributed by atoms with Crippen molar-refractivity contribution in [2.45, 2.75) is 38.8 Å². The van der Waals surface area contributed by atoms with Crippen molar-refractivity contribution in [1.29, 1.82) is 0 Å². The average Bonchev–Trinajstić information content (AvgIpc) is 3.32. The Bertz CT molecular complexity index is 1180. The molecule has 8 N–H and O–H groups in total. The fourth-order valence-electron chi connectivity index (χ4n) is 3.59. The van der Waals surface area contributed by atoms with E-state index in [9.17, 15) is 4.79 Å². The Hall–Kier alpha value is -3.13. The summed E-state index contributed by atoms with van der Waals surface area (Å²) in [5.41, 5.74) is 17.9. The highest BCUT2D eigenvalue weighted by atomic mass is 16.4. The van der Waals surface area contributed by atoms with Gasteiger partial charge in [0.2, 0.25) is 0 Å². The molecule has 4 rings (SSSR count). The number of hydrogen-bond acceptors (Lipinski definition) is 4. The number of aliphatic carboxylic acids is 1. The van der Waals surface area contributed by atoms with Gasteiger partial charge in [-0.3, -0.25) is 4.79 Å². The molecule has 0 aliphatic carbocycles. The number of benzene rings is 2. The zero-order chi connectivity index (χ0) is 22.5. The van der Waals surface area contributed by atoms with Crippen LogP contribution in [0.1, 0.15) is 22.3 Å². The lowest BCUT2D eigenvalue weighted by atomic mass is 10.0. The largest absolute Gasteiger partial charge is 0.480 e.